The number of rotatable bonds is 4. The van der Waals surface area contributed by atoms with Crippen LogP contribution in [0, 0.1) is 0 Å². The molecule has 3 aliphatic carbocycles. The molecule has 1 aromatic rings. The molecule has 26 heavy (non-hydrogen) atoms. The average molecular weight is 356 g/mol. The van der Waals surface area contributed by atoms with Crippen molar-refractivity contribution in [2.45, 2.75) is 108 Å². The summed E-state index contributed by atoms with van der Waals surface area (Å²) in [6.07, 6.45) is 15.8. The van der Waals surface area contributed by atoms with Gasteiger partial charge in [-0.25, -0.2) is 9.97 Å². The second-order valence-corrected chi connectivity index (χ2v) is 9.07. The van der Waals surface area contributed by atoms with Gasteiger partial charge in [-0.1, -0.05) is 44.9 Å². The lowest BCUT2D eigenvalue weighted by atomic mass is 9.85. The monoisotopic (exact) mass is 355 g/mol. The number of aromatic nitrogens is 2. The molecule has 0 atom stereocenters. The van der Waals surface area contributed by atoms with Crippen LogP contribution >= 0.6 is 0 Å². The van der Waals surface area contributed by atoms with Crippen LogP contribution in [0.5, 0.6) is 0 Å². The van der Waals surface area contributed by atoms with Crippen molar-refractivity contribution >= 4 is 5.91 Å². The van der Waals surface area contributed by atoms with Crippen molar-refractivity contribution in [2.75, 3.05) is 0 Å². The molecule has 0 bridgehead atoms. The molecule has 3 aliphatic rings. The van der Waals surface area contributed by atoms with Gasteiger partial charge in [0, 0.05) is 23.1 Å². The molecule has 1 aromatic heterocycles. The van der Waals surface area contributed by atoms with Gasteiger partial charge in [-0.2, -0.15) is 0 Å². The SMILES string of the molecule is CC1(NC(=O)c2cc(C3CC3)nc(C3CCCC3)n2)CCCCCCC1. The first-order valence-corrected chi connectivity index (χ1v) is 10.8. The molecule has 0 unspecified atom stereocenters. The van der Waals surface area contributed by atoms with Gasteiger partial charge in [0.25, 0.3) is 5.91 Å². The second-order valence-electron chi connectivity index (χ2n) is 9.07. The van der Waals surface area contributed by atoms with Crippen LogP contribution in [0.4, 0.5) is 0 Å². The van der Waals surface area contributed by atoms with Crippen LogP contribution < -0.4 is 5.32 Å². The van der Waals surface area contributed by atoms with Crippen LogP contribution in [-0.2, 0) is 0 Å². The van der Waals surface area contributed by atoms with Crippen LogP contribution in [0.25, 0.3) is 0 Å². The largest absolute Gasteiger partial charge is 0.346 e. The van der Waals surface area contributed by atoms with Crippen LogP contribution in [0.15, 0.2) is 6.07 Å². The highest BCUT2D eigenvalue weighted by Crippen LogP contribution is 2.40. The zero-order valence-electron chi connectivity index (χ0n) is 16.2. The topological polar surface area (TPSA) is 54.9 Å². The number of hydrogen-bond acceptors (Lipinski definition) is 3. The Morgan fingerprint density at radius 3 is 2.23 bits per heavy atom. The molecule has 0 aliphatic heterocycles. The summed E-state index contributed by atoms with van der Waals surface area (Å²) < 4.78 is 0. The first-order valence-electron chi connectivity index (χ1n) is 10.8. The van der Waals surface area contributed by atoms with Gasteiger partial charge in [0.1, 0.15) is 11.5 Å². The van der Waals surface area contributed by atoms with Crippen molar-refractivity contribution in [3.8, 4) is 0 Å². The molecule has 4 rings (SSSR count). The summed E-state index contributed by atoms with van der Waals surface area (Å²) in [4.78, 5) is 22.7. The Balaban J connectivity index is 1.54. The maximum Gasteiger partial charge on any atom is 0.270 e. The van der Waals surface area contributed by atoms with Gasteiger partial charge in [-0.05, 0) is 51.5 Å². The van der Waals surface area contributed by atoms with Gasteiger partial charge in [-0.15, -0.1) is 0 Å². The molecule has 1 N–H and O–H groups in total. The van der Waals surface area contributed by atoms with E-state index in [1.807, 2.05) is 6.07 Å². The zero-order valence-corrected chi connectivity index (χ0v) is 16.2. The lowest BCUT2D eigenvalue weighted by Gasteiger charge is -2.32. The van der Waals surface area contributed by atoms with E-state index in [1.165, 1.54) is 70.6 Å². The number of nitrogens with one attached hydrogen (secondary N) is 1. The molecular weight excluding hydrogens is 322 g/mol. The minimum atomic E-state index is -0.0876. The lowest BCUT2D eigenvalue weighted by molar-refractivity contribution is 0.0884. The third-order valence-electron chi connectivity index (χ3n) is 6.58. The Morgan fingerprint density at radius 2 is 1.58 bits per heavy atom. The van der Waals surface area contributed by atoms with Crippen molar-refractivity contribution in [3.05, 3.63) is 23.3 Å². The van der Waals surface area contributed by atoms with Gasteiger partial charge in [-0.3, -0.25) is 4.79 Å². The summed E-state index contributed by atoms with van der Waals surface area (Å²) >= 11 is 0. The third-order valence-corrected chi connectivity index (χ3v) is 6.58. The summed E-state index contributed by atoms with van der Waals surface area (Å²) in [6.45, 7) is 2.22. The highest BCUT2D eigenvalue weighted by molar-refractivity contribution is 5.93. The Hall–Kier alpha value is -1.45. The molecule has 0 aromatic carbocycles. The van der Waals surface area contributed by atoms with Gasteiger partial charge < -0.3 is 5.32 Å². The molecule has 1 heterocycles. The van der Waals surface area contributed by atoms with Crippen molar-refractivity contribution in [3.63, 3.8) is 0 Å². The summed E-state index contributed by atoms with van der Waals surface area (Å²) in [5.41, 5.74) is 1.62. The summed E-state index contributed by atoms with van der Waals surface area (Å²) in [5.74, 6) is 1.95. The number of amides is 1. The normalized spacial score (nSPS) is 24.0. The van der Waals surface area contributed by atoms with Crippen LogP contribution in [0.1, 0.15) is 124 Å². The van der Waals surface area contributed by atoms with E-state index in [9.17, 15) is 4.79 Å². The van der Waals surface area contributed by atoms with Crippen LogP contribution in [-0.4, -0.2) is 21.4 Å². The maximum atomic E-state index is 13.1. The van der Waals surface area contributed by atoms with Crippen molar-refractivity contribution in [1.29, 1.82) is 0 Å². The minimum absolute atomic E-state index is 0.0108. The zero-order chi connectivity index (χ0) is 18.0. The van der Waals surface area contributed by atoms with Gasteiger partial charge in [0.05, 0.1) is 0 Å². The number of carbonyl (C=O) groups excluding carboxylic acids is 1. The van der Waals surface area contributed by atoms with Crippen molar-refractivity contribution in [2.24, 2.45) is 0 Å². The van der Waals surface area contributed by atoms with E-state index in [0.29, 0.717) is 17.5 Å². The molecule has 4 nitrogen and oxygen atoms in total. The lowest BCUT2D eigenvalue weighted by Crippen LogP contribution is -2.46. The van der Waals surface area contributed by atoms with E-state index in [0.717, 1.165) is 24.4 Å². The third kappa shape index (κ3) is 4.27. The molecule has 4 heteroatoms. The Bertz CT molecular complexity index is 639. The van der Waals surface area contributed by atoms with E-state index in [2.05, 4.69) is 12.2 Å². The van der Waals surface area contributed by atoms with Gasteiger partial charge in [0.2, 0.25) is 0 Å². The van der Waals surface area contributed by atoms with Crippen LogP contribution in [0.3, 0.4) is 0 Å². The van der Waals surface area contributed by atoms with E-state index in [-0.39, 0.29) is 11.4 Å². The number of nitrogens with zero attached hydrogens (tertiary/aromatic N) is 2. The Labute approximate surface area is 157 Å². The summed E-state index contributed by atoms with van der Waals surface area (Å²) in [5, 5.41) is 3.35. The number of hydrogen-bond donors (Lipinski definition) is 1. The first kappa shape index (κ1) is 17.9. The molecule has 0 radical (unpaired) electrons. The maximum absolute atomic E-state index is 13.1. The van der Waals surface area contributed by atoms with Gasteiger partial charge in [0.15, 0.2) is 0 Å². The fraction of sp³-hybridized carbons (Fsp3) is 0.773. The van der Waals surface area contributed by atoms with Gasteiger partial charge >= 0.3 is 0 Å². The minimum Gasteiger partial charge on any atom is -0.346 e. The Morgan fingerprint density at radius 1 is 0.923 bits per heavy atom. The molecule has 0 saturated heterocycles. The molecule has 3 fully saturated rings. The highest BCUT2D eigenvalue weighted by Gasteiger charge is 2.31. The second kappa shape index (κ2) is 7.66. The molecular formula is C22H33N3O. The van der Waals surface area contributed by atoms with E-state index in [4.69, 9.17) is 9.97 Å². The highest BCUT2D eigenvalue weighted by atomic mass is 16.2. The molecule has 142 valence electrons. The molecule has 0 spiro atoms. The first-order chi connectivity index (χ1) is 12.6. The fourth-order valence-electron chi connectivity index (χ4n) is 4.71. The summed E-state index contributed by atoms with van der Waals surface area (Å²) in [6, 6.07) is 1.97. The predicted octanol–water partition coefficient (Wildman–Crippen LogP) is 5.24. The van der Waals surface area contributed by atoms with Crippen LogP contribution in [0.2, 0.25) is 0 Å². The van der Waals surface area contributed by atoms with E-state index < -0.39 is 0 Å². The fourth-order valence-corrected chi connectivity index (χ4v) is 4.71. The average Bonchev–Trinajstić information content (AvgIpc) is 3.33. The number of carbonyl (C=O) groups is 1. The van der Waals surface area contributed by atoms with Crippen molar-refractivity contribution in [1.82, 2.24) is 15.3 Å². The Kier molecular flexibility index (Phi) is 5.28. The summed E-state index contributed by atoms with van der Waals surface area (Å²) in [7, 11) is 0. The smallest absolute Gasteiger partial charge is 0.270 e. The molecule has 1 amide bonds. The van der Waals surface area contributed by atoms with E-state index in [1.54, 1.807) is 0 Å². The van der Waals surface area contributed by atoms with Crippen molar-refractivity contribution < 1.29 is 4.79 Å². The quantitative estimate of drug-likeness (QED) is 0.803. The predicted molar refractivity (Wildman–Crippen MR) is 103 cm³/mol. The molecule has 3 saturated carbocycles. The standard InChI is InChI=1S/C22H33N3O/c1-22(13-7-3-2-4-8-14-22)25-21(26)19-15-18(16-11-12-16)23-20(24-19)17-9-5-6-10-17/h15-17H,2-14H2,1H3,(H,25,26). The van der Waals surface area contributed by atoms with E-state index >= 15 is 0 Å².